The molecular formula is C17H21N3OS. The Balaban J connectivity index is 1.98. The van der Waals surface area contributed by atoms with E-state index in [9.17, 15) is 4.79 Å². The molecule has 0 radical (unpaired) electrons. The molecule has 0 fully saturated rings. The van der Waals surface area contributed by atoms with Crippen molar-refractivity contribution >= 4 is 23.4 Å². The second kappa shape index (κ2) is 8.54. The van der Waals surface area contributed by atoms with Crippen molar-refractivity contribution in [2.75, 3.05) is 16.8 Å². The average molecular weight is 315 g/mol. The maximum Gasteiger partial charge on any atom is 0.234 e. The SMILES string of the molecule is CCCCSCC(=O)Nc1cccc(-c2ccnc(C)n2)c1. The normalized spacial score (nSPS) is 10.5. The van der Waals surface area contributed by atoms with Crippen LogP contribution in [0.25, 0.3) is 11.3 Å². The lowest BCUT2D eigenvalue weighted by molar-refractivity contribution is -0.113. The summed E-state index contributed by atoms with van der Waals surface area (Å²) in [6.45, 7) is 4.02. The van der Waals surface area contributed by atoms with Crippen molar-refractivity contribution in [3.05, 3.63) is 42.4 Å². The predicted molar refractivity (Wildman–Crippen MR) is 93.1 cm³/mol. The number of rotatable bonds is 7. The molecule has 0 spiro atoms. The molecule has 2 aromatic rings. The van der Waals surface area contributed by atoms with Gasteiger partial charge < -0.3 is 5.32 Å². The molecule has 1 aromatic heterocycles. The molecule has 116 valence electrons. The standard InChI is InChI=1S/C17H21N3OS/c1-3-4-10-22-12-17(21)20-15-7-5-6-14(11-15)16-8-9-18-13(2)19-16/h5-9,11H,3-4,10,12H2,1-2H3,(H,20,21). The molecule has 5 heteroatoms. The van der Waals surface area contributed by atoms with Crippen LogP contribution in [0.15, 0.2) is 36.5 Å². The van der Waals surface area contributed by atoms with Gasteiger partial charge >= 0.3 is 0 Å². The molecule has 0 unspecified atom stereocenters. The third-order valence-corrected chi connectivity index (χ3v) is 4.14. The Bertz CT molecular complexity index is 631. The topological polar surface area (TPSA) is 54.9 Å². The summed E-state index contributed by atoms with van der Waals surface area (Å²) in [4.78, 5) is 20.4. The highest BCUT2D eigenvalue weighted by Gasteiger charge is 2.05. The molecule has 0 atom stereocenters. The summed E-state index contributed by atoms with van der Waals surface area (Å²) in [5.41, 5.74) is 2.64. The molecule has 1 amide bonds. The number of nitrogens with one attached hydrogen (secondary N) is 1. The van der Waals surface area contributed by atoms with Gasteiger partial charge in [0.25, 0.3) is 0 Å². The Labute approximate surface area is 135 Å². The first-order chi connectivity index (χ1) is 10.7. The van der Waals surface area contributed by atoms with Crippen LogP contribution in [0, 0.1) is 6.92 Å². The van der Waals surface area contributed by atoms with Crippen LogP contribution in [0.5, 0.6) is 0 Å². The number of unbranched alkanes of at least 4 members (excludes halogenated alkanes) is 1. The fourth-order valence-electron chi connectivity index (χ4n) is 1.98. The first-order valence-electron chi connectivity index (χ1n) is 7.46. The summed E-state index contributed by atoms with van der Waals surface area (Å²) < 4.78 is 0. The van der Waals surface area contributed by atoms with E-state index in [0.29, 0.717) is 5.75 Å². The molecule has 1 N–H and O–H groups in total. The molecule has 0 saturated carbocycles. The first kappa shape index (κ1) is 16.5. The number of anilines is 1. The highest BCUT2D eigenvalue weighted by Crippen LogP contribution is 2.20. The lowest BCUT2D eigenvalue weighted by Gasteiger charge is -2.07. The lowest BCUT2D eigenvalue weighted by Crippen LogP contribution is -2.14. The fourth-order valence-corrected chi connectivity index (χ4v) is 2.88. The summed E-state index contributed by atoms with van der Waals surface area (Å²) in [5, 5.41) is 2.94. The summed E-state index contributed by atoms with van der Waals surface area (Å²) in [7, 11) is 0. The zero-order valence-corrected chi connectivity index (χ0v) is 13.8. The second-order valence-corrected chi connectivity index (χ2v) is 6.13. The van der Waals surface area contributed by atoms with Crippen molar-refractivity contribution in [1.82, 2.24) is 9.97 Å². The van der Waals surface area contributed by atoms with Crippen LogP contribution >= 0.6 is 11.8 Å². The lowest BCUT2D eigenvalue weighted by atomic mass is 10.1. The van der Waals surface area contributed by atoms with E-state index in [2.05, 4.69) is 22.2 Å². The number of aromatic nitrogens is 2. The van der Waals surface area contributed by atoms with Crippen LogP contribution in [0.4, 0.5) is 5.69 Å². The van der Waals surface area contributed by atoms with Crippen molar-refractivity contribution in [1.29, 1.82) is 0 Å². The molecule has 4 nitrogen and oxygen atoms in total. The maximum atomic E-state index is 11.9. The van der Waals surface area contributed by atoms with Gasteiger partial charge in [-0.25, -0.2) is 9.97 Å². The third-order valence-electron chi connectivity index (χ3n) is 3.09. The third kappa shape index (κ3) is 5.15. The number of hydrogen-bond donors (Lipinski definition) is 1. The Morgan fingerprint density at radius 1 is 1.32 bits per heavy atom. The number of carbonyl (C=O) groups is 1. The predicted octanol–water partition coefficient (Wildman–Crippen LogP) is 3.92. The molecule has 2 rings (SSSR count). The van der Waals surface area contributed by atoms with E-state index in [1.165, 1.54) is 0 Å². The summed E-state index contributed by atoms with van der Waals surface area (Å²) >= 11 is 1.68. The van der Waals surface area contributed by atoms with Gasteiger partial charge in [0.2, 0.25) is 5.91 Å². The molecule has 1 heterocycles. The Morgan fingerprint density at radius 2 is 2.18 bits per heavy atom. The molecule has 0 aliphatic rings. The highest BCUT2D eigenvalue weighted by molar-refractivity contribution is 7.99. The highest BCUT2D eigenvalue weighted by atomic mass is 32.2. The molecular weight excluding hydrogens is 294 g/mol. The van der Waals surface area contributed by atoms with Gasteiger partial charge in [0.05, 0.1) is 11.4 Å². The Morgan fingerprint density at radius 3 is 2.95 bits per heavy atom. The van der Waals surface area contributed by atoms with E-state index in [0.717, 1.165) is 41.4 Å². The fraction of sp³-hybridized carbons (Fsp3) is 0.353. The van der Waals surface area contributed by atoms with Gasteiger partial charge in [-0.15, -0.1) is 0 Å². The molecule has 22 heavy (non-hydrogen) atoms. The monoisotopic (exact) mass is 315 g/mol. The maximum absolute atomic E-state index is 11.9. The summed E-state index contributed by atoms with van der Waals surface area (Å²) in [5.74, 6) is 2.30. The quantitative estimate of drug-likeness (QED) is 0.787. The van der Waals surface area contributed by atoms with E-state index in [-0.39, 0.29) is 5.91 Å². The number of thioether (sulfide) groups is 1. The molecule has 1 aromatic carbocycles. The van der Waals surface area contributed by atoms with Crippen LogP contribution in [0.2, 0.25) is 0 Å². The van der Waals surface area contributed by atoms with Gasteiger partial charge in [-0.3, -0.25) is 4.79 Å². The molecule has 0 aliphatic heterocycles. The van der Waals surface area contributed by atoms with Gasteiger partial charge in [-0.2, -0.15) is 11.8 Å². The van der Waals surface area contributed by atoms with Crippen LogP contribution < -0.4 is 5.32 Å². The van der Waals surface area contributed by atoms with Gasteiger partial charge in [0.15, 0.2) is 0 Å². The van der Waals surface area contributed by atoms with Crippen LogP contribution in [0.1, 0.15) is 25.6 Å². The number of hydrogen-bond acceptors (Lipinski definition) is 4. The van der Waals surface area contributed by atoms with Crippen LogP contribution in [0.3, 0.4) is 0 Å². The van der Waals surface area contributed by atoms with Crippen molar-refractivity contribution in [3.8, 4) is 11.3 Å². The minimum absolute atomic E-state index is 0.0390. The van der Waals surface area contributed by atoms with E-state index in [4.69, 9.17) is 0 Å². The van der Waals surface area contributed by atoms with Gasteiger partial charge in [-0.1, -0.05) is 25.5 Å². The number of nitrogens with zero attached hydrogens (tertiary/aromatic N) is 2. The van der Waals surface area contributed by atoms with Gasteiger partial charge in [0.1, 0.15) is 5.82 Å². The number of aryl methyl sites for hydroxylation is 1. The van der Waals surface area contributed by atoms with Crippen molar-refractivity contribution in [3.63, 3.8) is 0 Å². The van der Waals surface area contributed by atoms with E-state index in [1.807, 2.05) is 37.3 Å². The zero-order chi connectivity index (χ0) is 15.8. The Kier molecular flexibility index (Phi) is 6.40. The van der Waals surface area contributed by atoms with Crippen LogP contribution in [-0.2, 0) is 4.79 Å². The number of amides is 1. The number of carbonyl (C=O) groups excluding carboxylic acids is 1. The second-order valence-electron chi connectivity index (χ2n) is 5.02. The minimum Gasteiger partial charge on any atom is -0.325 e. The van der Waals surface area contributed by atoms with E-state index in [1.54, 1.807) is 18.0 Å². The molecule has 0 saturated heterocycles. The van der Waals surface area contributed by atoms with Crippen molar-refractivity contribution < 1.29 is 4.79 Å². The van der Waals surface area contributed by atoms with Crippen LogP contribution in [-0.4, -0.2) is 27.4 Å². The molecule has 0 aliphatic carbocycles. The summed E-state index contributed by atoms with van der Waals surface area (Å²) in [6.07, 6.45) is 4.06. The first-order valence-corrected chi connectivity index (χ1v) is 8.62. The Hall–Kier alpha value is -1.88. The van der Waals surface area contributed by atoms with E-state index >= 15 is 0 Å². The number of benzene rings is 1. The molecule has 0 bridgehead atoms. The van der Waals surface area contributed by atoms with Gasteiger partial charge in [-0.05, 0) is 37.3 Å². The minimum atomic E-state index is 0.0390. The van der Waals surface area contributed by atoms with Crippen molar-refractivity contribution in [2.24, 2.45) is 0 Å². The smallest absolute Gasteiger partial charge is 0.234 e. The zero-order valence-electron chi connectivity index (χ0n) is 13.0. The van der Waals surface area contributed by atoms with Crippen molar-refractivity contribution in [2.45, 2.75) is 26.7 Å². The summed E-state index contributed by atoms with van der Waals surface area (Å²) in [6, 6.07) is 9.61. The largest absolute Gasteiger partial charge is 0.325 e. The van der Waals surface area contributed by atoms with E-state index < -0.39 is 0 Å². The van der Waals surface area contributed by atoms with Gasteiger partial charge in [0, 0.05) is 17.4 Å². The average Bonchev–Trinajstić information content (AvgIpc) is 2.52.